The number of carboxylic acid groups (broad SMARTS) is 1. The third-order valence-electron chi connectivity index (χ3n) is 2.55. The van der Waals surface area contributed by atoms with Gasteiger partial charge in [0.25, 0.3) is 0 Å². The predicted molar refractivity (Wildman–Crippen MR) is 87.7 cm³/mol. The number of ether oxygens (including phenoxy) is 2. The normalized spacial score (nSPS) is 9.48. The smallest absolute Gasteiger partial charge is 0.327 e. The number of hydrogen-bond donors (Lipinski definition) is 2. The van der Waals surface area contributed by atoms with E-state index in [9.17, 15) is 9.90 Å². The molecule has 5 nitrogen and oxygen atoms in total. The topological polar surface area (TPSA) is 76.0 Å². The Balaban J connectivity index is 0.000000463. The minimum absolute atomic E-state index is 0.219. The summed E-state index contributed by atoms with van der Waals surface area (Å²) in [6.45, 7) is 3.40. The Hall–Kier alpha value is -2.79. The van der Waals surface area contributed by atoms with E-state index in [2.05, 4.69) is 6.58 Å². The second-order valence-corrected chi connectivity index (χ2v) is 4.44. The summed E-state index contributed by atoms with van der Waals surface area (Å²) in [6, 6.07) is 18.8. The maximum atomic E-state index is 9.72. The summed E-state index contributed by atoms with van der Waals surface area (Å²) < 4.78 is 10.9. The SMILES string of the molecule is C=CC(=O)O.OC(COc1ccccc1)COc1ccccc1. The third kappa shape index (κ3) is 8.95. The molecule has 23 heavy (non-hydrogen) atoms. The maximum absolute atomic E-state index is 9.72. The molecule has 0 atom stereocenters. The van der Waals surface area contributed by atoms with Gasteiger partial charge >= 0.3 is 5.97 Å². The standard InChI is InChI=1S/C15H16O3.C3H4O2/c16-13(11-17-14-7-3-1-4-8-14)12-18-15-9-5-2-6-10-15;1-2-3(4)5/h1-10,13,16H,11-12H2;2H,1H2,(H,4,5). The molecular formula is C18H20O5. The molecule has 0 aliphatic rings. The lowest BCUT2D eigenvalue weighted by atomic mass is 10.3. The second-order valence-electron chi connectivity index (χ2n) is 4.44. The van der Waals surface area contributed by atoms with Crippen LogP contribution in [0.2, 0.25) is 0 Å². The zero-order valence-electron chi connectivity index (χ0n) is 12.7. The zero-order valence-corrected chi connectivity index (χ0v) is 12.7. The second kappa shape index (κ2) is 10.9. The summed E-state index contributed by atoms with van der Waals surface area (Å²) >= 11 is 0. The summed E-state index contributed by atoms with van der Waals surface area (Å²) in [4.78, 5) is 9.25. The van der Waals surface area contributed by atoms with Gasteiger partial charge in [0.1, 0.15) is 30.8 Å². The first-order valence-electron chi connectivity index (χ1n) is 7.01. The number of carbonyl (C=O) groups is 1. The average Bonchev–Trinajstić information content (AvgIpc) is 2.60. The van der Waals surface area contributed by atoms with Gasteiger partial charge in [0.15, 0.2) is 0 Å². The first-order valence-corrected chi connectivity index (χ1v) is 7.01. The molecule has 0 saturated carbocycles. The monoisotopic (exact) mass is 316 g/mol. The summed E-state index contributed by atoms with van der Waals surface area (Å²) in [6.07, 6.45) is 0.186. The van der Waals surface area contributed by atoms with Crippen molar-refractivity contribution in [1.29, 1.82) is 0 Å². The van der Waals surface area contributed by atoms with Gasteiger partial charge in [-0.1, -0.05) is 43.0 Å². The van der Waals surface area contributed by atoms with Crippen molar-refractivity contribution in [1.82, 2.24) is 0 Å². The zero-order chi connectivity index (χ0) is 16.9. The van der Waals surface area contributed by atoms with Crippen molar-refractivity contribution >= 4 is 5.97 Å². The van der Waals surface area contributed by atoms with Crippen LogP contribution in [0.3, 0.4) is 0 Å². The quantitative estimate of drug-likeness (QED) is 0.768. The molecule has 5 heteroatoms. The molecule has 0 bridgehead atoms. The van der Waals surface area contributed by atoms with E-state index < -0.39 is 12.1 Å². The summed E-state index contributed by atoms with van der Waals surface area (Å²) in [5, 5.41) is 17.3. The number of rotatable bonds is 7. The van der Waals surface area contributed by atoms with E-state index in [1.54, 1.807) is 0 Å². The highest BCUT2D eigenvalue weighted by Gasteiger charge is 2.06. The van der Waals surface area contributed by atoms with Crippen LogP contribution in [0.4, 0.5) is 0 Å². The molecule has 0 spiro atoms. The molecule has 2 N–H and O–H groups in total. The molecule has 2 rings (SSSR count). The number of aliphatic carboxylic acids is 1. The van der Waals surface area contributed by atoms with Crippen molar-refractivity contribution < 1.29 is 24.5 Å². The number of hydrogen-bond acceptors (Lipinski definition) is 4. The van der Waals surface area contributed by atoms with Crippen molar-refractivity contribution in [3.05, 3.63) is 73.3 Å². The van der Waals surface area contributed by atoms with Gasteiger partial charge in [0.2, 0.25) is 0 Å². The van der Waals surface area contributed by atoms with E-state index in [-0.39, 0.29) is 13.2 Å². The lowest BCUT2D eigenvalue weighted by Crippen LogP contribution is -2.25. The highest BCUT2D eigenvalue weighted by atomic mass is 16.5. The van der Waals surface area contributed by atoms with Crippen molar-refractivity contribution in [2.75, 3.05) is 13.2 Å². The van der Waals surface area contributed by atoms with Gasteiger partial charge in [-0.2, -0.15) is 0 Å². The van der Waals surface area contributed by atoms with Crippen LogP contribution in [-0.4, -0.2) is 35.5 Å². The Bertz CT molecular complexity index is 525. The molecule has 122 valence electrons. The fourth-order valence-electron chi connectivity index (χ4n) is 1.47. The van der Waals surface area contributed by atoms with Gasteiger partial charge in [0.05, 0.1) is 0 Å². The molecule has 2 aromatic carbocycles. The van der Waals surface area contributed by atoms with Gasteiger partial charge < -0.3 is 19.7 Å². The Morgan fingerprint density at radius 2 is 1.30 bits per heavy atom. The highest BCUT2D eigenvalue weighted by molar-refractivity contribution is 5.78. The van der Waals surface area contributed by atoms with Crippen LogP contribution in [0, 0.1) is 0 Å². The van der Waals surface area contributed by atoms with Crippen molar-refractivity contribution in [3.8, 4) is 11.5 Å². The molecule has 0 unspecified atom stereocenters. The maximum Gasteiger partial charge on any atom is 0.327 e. The molecule has 0 saturated heterocycles. The van der Waals surface area contributed by atoms with Gasteiger partial charge in [-0.25, -0.2) is 4.79 Å². The molecule has 0 fully saturated rings. The van der Waals surface area contributed by atoms with Gasteiger partial charge in [-0.3, -0.25) is 0 Å². The minimum atomic E-state index is -0.981. The fraction of sp³-hybridized carbons (Fsp3) is 0.167. The van der Waals surface area contributed by atoms with E-state index in [0.29, 0.717) is 0 Å². The minimum Gasteiger partial charge on any atom is -0.491 e. The van der Waals surface area contributed by atoms with Crippen molar-refractivity contribution in [2.45, 2.75) is 6.10 Å². The molecule has 0 aromatic heterocycles. The fourth-order valence-corrected chi connectivity index (χ4v) is 1.47. The Kier molecular flexibility index (Phi) is 8.63. The molecule has 0 amide bonds. The predicted octanol–water partition coefficient (Wildman–Crippen LogP) is 2.76. The van der Waals surface area contributed by atoms with Crippen LogP contribution >= 0.6 is 0 Å². The molecule has 0 aliphatic carbocycles. The van der Waals surface area contributed by atoms with Crippen LogP contribution in [0.15, 0.2) is 73.3 Å². The Morgan fingerprint density at radius 3 is 1.61 bits per heavy atom. The molecule has 2 aromatic rings. The van der Waals surface area contributed by atoms with Gasteiger partial charge in [-0.15, -0.1) is 0 Å². The number of aliphatic hydroxyl groups excluding tert-OH is 1. The number of carboxylic acids is 1. The van der Waals surface area contributed by atoms with Crippen LogP contribution < -0.4 is 9.47 Å². The van der Waals surface area contributed by atoms with Crippen LogP contribution in [0.25, 0.3) is 0 Å². The average molecular weight is 316 g/mol. The van der Waals surface area contributed by atoms with Crippen LogP contribution in [-0.2, 0) is 4.79 Å². The largest absolute Gasteiger partial charge is 0.491 e. The van der Waals surface area contributed by atoms with Gasteiger partial charge in [0, 0.05) is 6.08 Å². The first-order chi connectivity index (χ1) is 11.1. The summed E-state index contributed by atoms with van der Waals surface area (Å²) in [5.74, 6) is 0.512. The van der Waals surface area contributed by atoms with Crippen LogP contribution in [0.1, 0.15) is 0 Å². The van der Waals surface area contributed by atoms with E-state index >= 15 is 0 Å². The third-order valence-corrected chi connectivity index (χ3v) is 2.55. The lowest BCUT2D eigenvalue weighted by Gasteiger charge is -2.13. The van der Waals surface area contributed by atoms with Crippen LogP contribution in [0.5, 0.6) is 11.5 Å². The molecule has 0 radical (unpaired) electrons. The van der Waals surface area contributed by atoms with E-state index in [0.717, 1.165) is 17.6 Å². The Labute approximate surface area is 135 Å². The van der Waals surface area contributed by atoms with E-state index in [1.165, 1.54) is 0 Å². The van der Waals surface area contributed by atoms with Crippen molar-refractivity contribution in [2.24, 2.45) is 0 Å². The van der Waals surface area contributed by atoms with E-state index in [1.807, 2.05) is 60.7 Å². The van der Waals surface area contributed by atoms with Crippen molar-refractivity contribution in [3.63, 3.8) is 0 Å². The molecule has 0 heterocycles. The Morgan fingerprint density at radius 1 is 0.957 bits per heavy atom. The lowest BCUT2D eigenvalue weighted by molar-refractivity contribution is -0.131. The molecular weight excluding hydrogens is 296 g/mol. The summed E-state index contributed by atoms with van der Waals surface area (Å²) in [5.41, 5.74) is 0. The number of para-hydroxylation sites is 2. The first kappa shape index (κ1) is 18.3. The number of benzene rings is 2. The summed E-state index contributed by atoms with van der Waals surface area (Å²) in [7, 11) is 0. The number of aliphatic hydroxyl groups is 1. The van der Waals surface area contributed by atoms with E-state index in [4.69, 9.17) is 14.6 Å². The van der Waals surface area contributed by atoms with Gasteiger partial charge in [-0.05, 0) is 24.3 Å². The highest BCUT2D eigenvalue weighted by Crippen LogP contribution is 2.10. The molecule has 0 aliphatic heterocycles.